The van der Waals surface area contributed by atoms with Gasteiger partial charge in [-0.2, -0.15) is 0 Å². The van der Waals surface area contributed by atoms with Gasteiger partial charge >= 0.3 is 0 Å². The summed E-state index contributed by atoms with van der Waals surface area (Å²) in [6.07, 6.45) is 4.78. The van der Waals surface area contributed by atoms with Crippen molar-refractivity contribution in [1.82, 2.24) is 35.8 Å². The number of carbonyl (C=O) groups is 7. The summed E-state index contributed by atoms with van der Waals surface area (Å²) in [4.78, 5) is 90.7. The number of nitrogens with zero attached hydrogens (tertiary/aromatic N) is 2. The summed E-state index contributed by atoms with van der Waals surface area (Å²) in [6, 6.07) is 20.1. The average Bonchev–Trinajstić information content (AvgIpc) is 4.05. The first-order valence-corrected chi connectivity index (χ1v) is 25.0. The molecule has 352 valence electrons. The van der Waals surface area contributed by atoms with Gasteiger partial charge in [0.1, 0.15) is 23.3 Å². The van der Waals surface area contributed by atoms with Crippen molar-refractivity contribution in [2.24, 2.45) is 5.92 Å². The SMILES string of the molecule is CS(=O)(=O)N1CCC(C(=O)N[C@@H](COCc2ccc(CNC(=O)CCCCCCOc3cccc4c3C(=O)N(C3CCC(=O)NC3=O)C4=O)cc2)C(=O)NC2NC(c3ccccc3)CS2)C1. The van der Waals surface area contributed by atoms with Gasteiger partial charge in [-0.25, -0.2) is 12.7 Å². The lowest BCUT2D eigenvalue weighted by molar-refractivity contribution is -0.136. The lowest BCUT2D eigenvalue weighted by atomic mass is 10.0. The lowest BCUT2D eigenvalue weighted by Crippen LogP contribution is -2.54. The number of thioether (sulfide) groups is 1. The number of imide groups is 2. The third-order valence-electron chi connectivity index (χ3n) is 11.9. The zero-order chi connectivity index (χ0) is 46.8. The van der Waals surface area contributed by atoms with Gasteiger partial charge in [0.15, 0.2) is 0 Å². The van der Waals surface area contributed by atoms with E-state index in [1.165, 1.54) is 10.4 Å². The largest absolute Gasteiger partial charge is 0.493 e. The second-order valence-electron chi connectivity index (χ2n) is 16.8. The fourth-order valence-electron chi connectivity index (χ4n) is 8.24. The number of fused-ring (bicyclic) bond motifs is 1. The average molecular weight is 946 g/mol. The predicted octanol–water partition coefficient (Wildman–Crippen LogP) is 2.49. The van der Waals surface area contributed by atoms with Crippen molar-refractivity contribution in [2.75, 3.05) is 38.3 Å². The first-order chi connectivity index (χ1) is 31.7. The predicted molar refractivity (Wildman–Crippen MR) is 243 cm³/mol. The van der Waals surface area contributed by atoms with Gasteiger partial charge in [-0.3, -0.25) is 49.1 Å². The fourth-order valence-corrected chi connectivity index (χ4v) is 10.3. The van der Waals surface area contributed by atoms with Crippen LogP contribution in [0.4, 0.5) is 0 Å². The van der Waals surface area contributed by atoms with Crippen molar-refractivity contribution < 1.29 is 51.5 Å². The highest BCUT2D eigenvalue weighted by molar-refractivity contribution is 8.00. The van der Waals surface area contributed by atoms with Gasteiger partial charge in [0.05, 0.1) is 43.1 Å². The molecule has 18 nitrogen and oxygen atoms in total. The summed E-state index contributed by atoms with van der Waals surface area (Å²) >= 11 is 1.55. The highest BCUT2D eigenvalue weighted by atomic mass is 32.2. The van der Waals surface area contributed by atoms with Crippen LogP contribution in [0.2, 0.25) is 0 Å². The lowest BCUT2D eigenvalue weighted by Gasteiger charge is -2.27. The van der Waals surface area contributed by atoms with E-state index in [1.807, 2.05) is 54.6 Å². The van der Waals surface area contributed by atoms with E-state index < -0.39 is 63.5 Å². The minimum absolute atomic E-state index is 0.0360. The number of ether oxygens (including phenoxy) is 2. The highest BCUT2D eigenvalue weighted by Crippen LogP contribution is 2.34. The monoisotopic (exact) mass is 945 g/mol. The Morgan fingerprint density at radius 2 is 1.65 bits per heavy atom. The molecule has 5 atom stereocenters. The van der Waals surface area contributed by atoms with Gasteiger partial charge < -0.3 is 25.4 Å². The molecule has 3 aromatic rings. The molecule has 4 unspecified atom stereocenters. The van der Waals surface area contributed by atoms with Crippen LogP contribution in [0, 0.1) is 5.92 Å². The van der Waals surface area contributed by atoms with E-state index >= 15 is 0 Å². The summed E-state index contributed by atoms with van der Waals surface area (Å²) in [5.74, 6) is -2.83. The fraction of sp³-hybridized carbons (Fsp3) is 0.457. The van der Waals surface area contributed by atoms with Gasteiger partial charge in [0, 0.05) is 44.3 Å². The van der Waals surface area contributed by atoms with E-state index in [2.05, 4.69) is 26.6 Å². The molecule has 0 aromatic heterocycles. The van der Waals surface area contributed by atoms with Crippen molar-refractivity contribution in [3.05, 3.63) is 101 Å². The van der Waals surface area contributed by atoms with Crippen molar-refractivity contribution in [3.63, 3.8) is 0 Å². The molecule has 4 aliphatic rings. The smallest absolute Gasteiger partial charge is 0.266 e. The number of unbranched alkanes of at least 4 members (excludes halogenated alkanes) is 3. The number of amides is 7. The molecule has 0 aliphatic carbocycles. The minimum atomic E-state index is -3.45. The Morgan fingerprint density at radius 3 is 2.39 bits per heavy atom. The molecule has 0 bridgehead atoms. The summed E-state index contributed by atoms with van der Waals surface area (Å²) < 4.78 is 37.2. The Labute approximate surface area is 387 Å². The maximum Gasteiger partial charge on any atom is 0.266 e. The quantitative estimate of drug-likeness (QED) is 0.0764. The second-order valence-corrected chi connectivity index (χ2v) is 19.9. The third kappa shape index (κ3) is 12.4. The molecule has 4 aliphatic heterocycles. The Hall–Kier alpha value is -5.67. The zero-order valence-corrected chi connectivity index (χ0v) is 38.3. The molecule has 0 radical (unpaired) electrons. The van der Waals surface area contributed by atoms with E-state index in [0.29, 0.717) is 32.2 Å². The number of rotatable bonds is 21. The van der Waals surface area contributed by atoms with E-state index in [9.17, 15) is 42.0 Å². The van der Waals surface area contributed by atoms with Gasteiger partial charge in [0.25, 0.3) is 11.8 Å². The van der Waals surface area contributed by atoms with Crippen LogP contribution in [0.5, 0.6) is 5.75 Å². The summed E-state index contributed by atoms with van der Waals surface area (Å²) in [5.41, 5.74) is 2.70. The Morgan fingerprint density at radius 1 is 0.894 bits per heavy atom. The summed E-state index contributed by atoms with van der Waals surface area (Å²) in [6.45, 7) is 0.952. The molecule has 4 heterocycles. The number of carbonyl (C=O) groups excluding carboxylic acids is 7. The van der Waals surface area contributed by atoms with Crippen molar-refractivity contribution in [2.45, 2.75) is 88.1 Å². The number of sulfonamides is 1. The van der Waals surface area contributed by atoms with Crippen molar-refractivity contribution in [3.8, 4) is 5.75 Å². The molecule has 0 spiro atoms. The van der Waals surface area contributed by atoms with Gasteiger partial charge in [-0.05, 0) is 54.5 Å². The molecule has 3 saturated heterocycles. The third-order valence-corrected chi connectivity index (χ3v) is 14.3. The number of hydrogen-bond donors (Lipinski definition) is 5. The first-order valence-electron chi connectivity index (χ1n) is 22.1. The number of hydrogen-bond acceptors (Lipinski definition) is 13. The maximum atomic E-state index is 13.6. The minimum Gasteiger partial charge on any atom is -0.493 e. The van der Waals surface area contributed by atoms with E-state index in [1.54, 1.807) is 23.9 Å². The standard InChI is InChI=1S/C46H55N7O11S2/c1-66(61,62)52-22-21-32(25-52)41(56)48-34(42(57)51-46-49-35(28-65-46)31-10-5-4-6-11-31)27-63-26-30-17-15-29(16-18-30)24-47-38(54)14-7-2-3-8-23-64-37-13-9-12-33-40(37)45(60)53(44(33)59)36-19-20-39(55)50-43(36)58/h4-6,9-13,15-18,32,34-36,46,49H,2-3,7-8,14,19-28H2,1H3,(H,47,54)(H,48,56)(H,51,57)(H,50,55,58)/t32?,34-,35?,36?,46?/m0/s1. The topological polar surface area (TPSA) is 239 Å². The first kappa shape index (κ1) is 48.3. The molecule has 0 saturated carbocycles. The number of benzene rings is 3. The molecule has 20 heteroatoms. The molecule has 66 heavy (non-hydrogen) atoms. The Kier molecular flexibility index (Phi) is 16.2. The van der Waals surface area contributed by atoms with Crippen LogP contribution in [0.3, 0.4) is 0 Å². The van der Waals surface area contributed by atoms with Crippen LogP contribution in [0.25, 0.3) is 0 Å². The van der Waals surface area contributed by atoms with E-state index in [4.69, 9.17) is 9.47 Å². The Balaban J connectivity index is 0.801. The van der Waals surface area contributed by atoms with Crippen LogP contribution in [0.1, 0.15) is 94.8 Å². The van der Waals surface area contributed by atoms with Gasteiger partial charge in [0.2, 0.25) is 39.6 Å². The molecule has 3 fully saturated rings. The van der Waals surface area contributed by atoms with Crippen LogP contribution in [0.15, 0.2) is 72.8 Å². The van der Waals surface area contributed by atoms with Crippen LogP contribution in [-0.2, 0) is 51.9 Å². The van der Waals surface area contributed by atoms with Crippen molar-refractivity contribution >= 4 is 63.1 Å². The van der Waals surface area contributed by atoms with Gasteiger partial charge in [-0.1, -0.05) is 73.5 Å². The summed E-state index contributed by atoms with van der Waals surface area (Å²) in [7, 11) is -3.45. The molecular formula is C46H55N7O11S2. The van der Waals surface area contributed by atoms with Crippen molar-refractivity contribution in [1.29, 1.82) is 0 Å². The Bertz CT molecular complexity index is 2400. The second kappa shape index (κ2) is 22.2. The number of nitrogens with one attached hydrogen (secondary N) is 5. The van der Waals surface area contributed by atoms with Crippen LogP contribution >= 0.6 is 11.8 Å². The molecule has 3 aromatic carbocycles. The molecule has 7 rings (SSSR count). The van der Waals surface area contributed by atoms with Crippen LogP contribution in [-0.4, -0.2) is 115 Å². The molecule has 5 N–H and O–H groups in total. The normalized spacial score (nSPS) is 21.3. The molecule has 7 amide bonds. The highest BCUT2D eigenvalue weighted by Gasteiger charge is 2.46. The van der Waals surface area contributed by atoms with E-state index in [0.717, 1.165) is 46.4 Å². The molecular weight excluding hydrogens is 891 g/mol. The van der Waals surface area contributed by atoms with Gasteiger partial charge in [-0.15, -0.1) is 11.8 Å². The zero-order valence-electron chi connectivity index (χ0n) is 36.6. The van der Waals surface area contributed by atoms with E-state index in [-0.39, 0.29) is 80.1 Å². The number of piperidine rings is 1. The summed E-state index contributed by atoms with van der Waals surface area (Å²) in [5, 5.41) is 14.3. The maximum absolute atomic E-state index is 13.6. The van der Waals surface area contributed by atoms with Crippen LogP contribution < -0.4 is 31.3 Å².